The number of carbonyl (C=O) groups is 2. The number of benzene rings is 2. The van der Waals surface area contributed by atoms with Gasteiger partial charge in [-0.15, -0.1) is 0 Å². The van der Waals surface area contributed by atoms with Crippen LogP contribution < -0.4 is 9.47 Å². The normalized spacial score (nSPS) is 23.9. The molecule has 0 radical (unpaired) electrons. The molecule has 3 atom stereocenters. The standard InChI is InChI=1S/C28H29NO6/c1-4-14-33-27(31)29-13-12-28-11-10-20(34-26(30)19-8-6-5-7-9-19)16-23(28)35-25-22(32-3)15-18(2)21(17-29)24(25)28/h4-11,15,20,23H,1,12-14,16-17H2,2-3H3/t20-,23-,28-/m0/s1. The highest BCUT2D eigenvalue weighted by atomic mass is 16.6. The summed E-state index contributed by atoms with van der Waals surface area (Å²) in [5.74, 6) is 1.01. The lowest BCUT2D eigenvalue weighted by Crippen LogP contribution is -2.44. The van der Waals surface area contributed by atoms with Crippen molar-refractivity contribution in [2.45, 2.75) is 43.9 Å². The summed E-state index contributed by atoms with van der Waals surface area (Å²) in [7, 11) is 1.63. The molecule has 7 nitrogen and oxygen atoms in total. The molecule has 2 aromatic carbocycles. The first-order chi connectivity index (χ1) is 17.0. The van der Waals surface area contributed by atoms with E-state index in [1.165, 1.54) is 0 Å². The summed E-state index contributed by atoms with van der Waals surface area (Å²) in [5.41, 5.74) is 3.19. The minimum absolute atomic E-state index is 0.167. The summed E-state index contributed by atoms with van der Waals surface area (Å²) in [6, 6.07) is 10.9. The van der Waals surface area contributed by atoms with E-state index in [1.807, 2.05) is 37.3 Å². The first-order valence-electron chi connectivity index (χ1n) is 11.8. The van der Waals surface area contributed by atoms with E-state index in [4.69, 9.17) is 18.9 Å². The Kier molecular flexibility index (Phi) is 6.01. The Balaban J connectivity index is 1.49. The Morgan fingerprint density at radius 2 is 2.09 bits per heavy atom. The highest BCUT2D eigenvalue weighted by Crippen LogP contribution is 2.56. The van der Waals surface area contributed by atoms with E-state index in [2.05, 4.69) is 12.7 Å². The largest absolute Gasteiger partial charge is 0.493 e. The predicted octanol–water partition coefficient (Wildman–Crippen LogP) is 4.72. The smallest absolute Gasteiger partial charge is 0.410 e. The van der Waals surface area contributed by atoms with Gasteiger partial charge in [0.25, 0.3) is 0 Å². The van der Waals surface area contributed by atoms with Crippen LogP contribution in [0, 0.1) is 6.92 Å². The Morgan fingerprint density at radius 1 is 1.29 bits per heavy atom. The van der Waals surface area contributed by atoms with Crippen LogP contribution in [0.25, 0.3) is 0 Å². The minimum atomic E-state index is -0.451. The lowest BCUT2D eigenvalue weighted by Gasteiger charge is -2.36. The van der Waals surface area contributed by atoms with E-state index in [1.54, 1.807) is 30.2 Å². The zero-order chi connectivity index (χ0) is 24.6. The van der Waals surface area contributed by atoms with E-state index in [9.17, 15) is 9.59 Å². The van der Waals surface area contributed by atoms with Gasteiger partial charge in [0.1, 0.15) is 18.8 Å². The Labute approximate surface area is 204 Å². The molecule has 0 unspecified atom stereocenters. The summed E-state index contributed by atoms with van der Waals surface area (Å²) in [4.78, 5) is 27.1. The number of nitrogens with zero attached hydrogens (tertiary/aromatic N) is 1. The molecule has 0 fully saturated rings. The first-order valence-corrected chi connectivity index (χ1v) is 11.8. The number of rotatable bonds is 5. The van der Waals surface area contributed by atoms with Crippen molar-refractivity contribution < 1.29 is 28.5 Å². The van der Waals surface area contributed by atoms with Gasteiger partial charge in [-0.2, -0.15) is 0 Å². The Bertz CT molecular complexity index is 1190. The molecule has 35 heavy (non-hydrogen) atoms. The zero-order valence-electron chi connectivity index (χ0n) is 20.0. The molecule has 0 saturated heterocycles. The average Bonchev–Trinajstić information content (AvgIpc) is 3.10. The number of aryl methyl sites for hydroxylation is 1. The summed E-state index contributed by atoms with van der Waals surface area (Å²) in [6.07, 6.45) is 5.76. The van der Waals surface area contributed by atoms with Gasteiger partial charge in [-0.05, 0) is 48.7 Å². The van der Waals surface area contributed by atoms with Crippen molar-refractivity contribution in [3.8, 4) is 11.5 Å². The van der Waals surface area contributed by atoms with Crippen molar-refractivity contribution in [3.05, 3.63) is 83.5 Å². The van der Waals surface area contributed by atoms with Gasteiger partial charge >= 0.3 is 12.1 Å². The molecule has 5 rings (SSSR count). The SMILES string of the molecule is C=CCOC(=O)N1CC[C@@]23C=C[C@H](OC(=O)c4ccccc4)C[C@@H]2Oc2c(OC)cc(C)c(c23)C1. The summed E-state index contributed by atoms with van der Waals surface area (Å²) < 4.78 is 23.4. The molecular formula is C28H29NO6. The van der Waals surface area contributed by atoms with Gasteiger partial charge in [0.2, 0.25) is 0 Å². The lowest BCUT2D eigenvalue weighted by molar-refractivity contribution is 0.0214. The molecule has 2 aliphatic heterocycles. The third-order valence-electron chi connectivity index (χ3n) is 7.15. The van der Waals surface area contributed by atoms with Crippen molar-refractivity contribution in [2.75, 3.05) is 20.3 Å². The first kappa shape index (κ1) is 23.0. The average molecular weight is 476 g/mol. The fraction of sp³-hybridized carbons (Fsp3) is 0.357. The maximum atomic E-state index is 12.8. The van der Waals surface area contributed by atoms with Gasteiger partial charge in [0.05, 0.1) is 18.1 Å². The zero-order valence-corrected chi connectivity index (χ0v) is 20.0. The lowest BCUT2D eigenvalue weighted by atomic mass is 9.68. The van der Waals surface area contributed by atoms with Crippen LogP contribution in [0.5, 0.6) is 11.5 Å². The second kappa shape index (κ2) is 9.13. The topological polar surface area (TPSA) is 74.3 Å². The van der Waals surface area contributed by atoms with E-state index in [0.717, 1.165) is 16.7 Å². The molecule has 0 N–H and O–H groups in total. The molecular weight excluding hydrogens is 446 g/mol. The Morgan fingerprint density at radius 3 is 2.83 bits per heavy atom. The van der Waals surface area contributed by atoms with Crippen LogP contribution in [0.1, 0.15) is 39.9 Å². The van der Waals surface area contributed by atoms with E-state index in [-0.39, 0.29) is 24.8 Å². The second-order valence-electron chi connectivity index (χ2n) is 9.17. The summed E-state index contributed by atoms with van der Waals surface area (Å²) >= 11 is 0. The molecule has 1 spiro atoms. The molecule has 3 aliphatic rings. The van der Waals surface area contributed by atoms with Crippen LogP contribution in [-0.4, -0.2) is 49.4 Å². The van der Waals surface area contributed by atoms with Crippen molar-refractivity contribution in [3.63, 3.8) is 0 Å². The van der Waals surface area contributed by atoms with Gasteiger partial charge in [-0.25, -0.2) is 9.59 Å². The summed E-state index contributed by atoms with van der Waals surface area (Å²) in [6.45, 7) is 6.74. The van der Waals surface area contributed by atoms with Gasteiger partial charge < -0.3 is 23.8 Å². The molecule has 2 aromatic rings. The van der Waals surface area contributed by atoms with Crippen molar-refractivity contribution in [2.24, 2.45) is 0 Å². The van der Waals surface area contributed by atoms with Gasteiger partial charge in [-0.3, -0.25) is 0 Å². The molecule has 2 heterocycles. The molecule has 7 heteroatoms. The van der Waals surface area contributed by atoms with E-state index < -0.39 is 11.5 Å². The van der Waals surface area contributed by atoms with Gasteiger partial charge in [0.15, 0.2) is 11.5 Å². The van der Waals surface area contributed by atoms with Crippen LogP contribution in [0.4, 0.5) is 4.79 Å². The third-order valence-corrected chi connectivity index (χ3v) is 7.15. The van der Waals surface area contributed by atoms with E-state index >= 15 is 0 Å². The maximum Gasteiger partial charge on any atom is 0.410 e. The van der Waals surface area contributed by atoms with Crippen molar-refractivity contribution in [1.82, 2.24) is 4.90 Å². The molecule has 0 bridgehead atoms. The number of amides is 1. The van der Waals surface area contributed by atoms with Gasteiger partial charge in [-0.1, -0.05) is 36.9 Å². The van der Waals surface area contributed by atoms with Crippen molar-refractivity contribution >= 4 is 12.1 Å². The fourth-order valence-corrected chi connectivity index (χ4v) is 5.40. The highest BCUT2D eigenvalue weighted by Gasteiger charge is 2.54. The van der Waals surface area contributed by atoms with Crippen LogP contribution >= 0.6 is 0 Å². The molecule has 1 amide bonds. The van der Waals surface area contributed by atoms with Crippen LogP contribution in [0.2, 0.25) is 0 Å². The number of carbonyl (C=O) groups excluding carboxylic acids is 2. The minimum Gasteiger partial charge on any atom is -0.493 e. The number of esters is 1. The number of hydrogen-bond donors (Lipinski definition) is 0. The third kappa shape index (κ3) is 3.95. The van der Waals surface area contributed by atoms with Gasteiger partial charge in [0, 0.05) is 25.1 Å². The molecule has 0 saturated carbocycles. The monoisotopic (exact) mass is 475 g/mol. The summed E-state index contributed by atoms with van der Waals surface area (Å²) in [5, 5.41) is 0. The maximum absolute atomic E-state index is 12.8. The van der Waals surface area contributed by atoms with Crippen molar-refractivity contribution in [1.29, 1.82) is 0 Å². The second-order valence-corrected chi connectivity index (χ2v) is 9.17. The molecule has 1 aliphatic carbocycles. The van der Waals surface area contributed by atoms with Crippen LogP contribution in [0.3, 0.4) is 0 Å². The fourth-order valence-electron chi connectivity index (χ4n) is 5.40. The number of ether oxygens (including phenoxy) is 4. The number of methoxy groups -OCH3 is 1. The number of hydrogen-bond acceptors (Lipinski definition) is 6. The van der Waals surface area contributed by atoms with E-state index in [0.29, 0.717) is 43.0 Å². The quantitative estimate of drug-likeness (QED) is 0.460. The van der Waals surface area contributed by atoms with Crippen LogP contribution in [-0.2, 0) is 21.4 Å². The van der Waals surface area contributed by atoms with Crippen LogP contribution in [0.15, 0.2) is 61.2 Å². The molecule has 0 aromatic heterocycles. The highest BCUT2D eigenvalue weighted by molar-refractivity contribution is 5.89. The molecule has 182 valence electrons. The Hall–Kier alpha value is -3.74. The predicted molar refractivity (Wildman–Crippen MR) is 130 cm³/mol.